The highest BCUT2D eigenvalue weighted by atomic mass is 16.6. The summed E-state index contributed by atoms with van der Waals surface area (Å²) < 4.78 is 9.74. The van der Waals surface area contributed by atoms with Gasteiger partial charge < -0.3 is 14.8 Å². The van der Waals surface area contributed by atoms with Gasteiger partial charge in [-0.25, -0.2) is 14.4 Å². The number of aryl methyl sites for hydroxylation is 1. The van der Waals surface area contributed by atoms with Gasteiger partial charge in [0.05, 0.1) is 17.7 Å². The van der Waals surface area contributed by atoms with Gasteiger partial charge in [0.2, 0.25) is 0 Å². The highest BCUT2D eigenvalue weighted by Crippen LogP contribution is 2.09. The first-order valence-electron chi connectivity index (χ1n) is 8.91. The Morgan fingerprint density at radius 2 is 1.56 bits per heavy atom. The van der Waals surface area contributed by atoms with Gasteiger partial charge in [0.15, 0.2) is 0 Å². The van der Waals surface area contributed by atoms with E-state index >= 15 is 0 Å². The standard InChI is InChI=1S/C21H23NO5/c1-2-3-7-16-10-12-18(13-11-16)19(23)26-15-14-22-21(25)27-20(24)17-8-5-4-6-9-17/h4-6,8-13H,2-3,7,14-15H2,1H3,(H,22,25). The fraction of sp³-hybridized carbons (Fsp3) is 0.286. The molecule has 142 valence electrons. The minimum atomic E-state index is -0.889. The zero-order chi connectivity index (χ0) is 19.5. The van der Waals surface area contributed by atoms with Crippen LogP contribution in [0.25, 0.3) is 0 Å². The van der Waals surface area contributed by atoms with Crippen molar-refractivity contribution in [3.63, 3.8) is 0 Å². The molecule has 0 unspecified atom stereocenters. The van der Waals surface area contributed by atoms with E-state index in [1.54, 1.807) is 42.5 Å². The van der Waals surface area contributed by atoms with E-state index in [-0.39, 0.29) is 18.7 Å². The molecule has 0 aliphatic rings. The second-order valence-electron chi connectivity index (χ2n) is 5.91. The molecule has 27 heavy (non-hydrogen) atoms. The number of hydrogen-bond acceptors (Lipinski definition) is 5. The lowest BCUT2D eigenvalue weighted by molar-refractivity contribution is 0.0493. The predicted octanol–water partition coefficient (Wildman–Crippen LogP) is 3.75. The highest BCUT2D eigenvalue weighted by Gasteiger charge is 2.12. The molecule has 0 bridgehead atoms. The summed E-state index contributed by atoms with van der Waals surface area (Å²) in [5, 5.41) is 2.36. The number of hydrogen-bond donors (Lipinski definition) is 1. The first-order chi connectivity index (χ1) is 13.1. The SMILES string of the molecule is CCCCc1ccc(C(=O)OCCNC(=O)OC(=O)c2ccccc2)cc1. The molecule has 6 nitrogen and oxygen atoms in total. The van der Waals surface area contributed by atoms with Crippen LogP contribution in [0, 0.1) is 0 Å². The zero-order valence-electron chi connectivity index (χ0n) is 15.3. The minimum Gasteiger partial charge on any atom is -0.460 e. The van der Waals surface area contributed by atoms with E-state index in [1.807, 2.05) is 12.1 Å². The van der Waals surface area contributed by atoms with Gasteiger partial charge in [-0.15, -0.1) is 0 Å². The normalized spacial score (nSPS) is 10.1. The topological polar surface area (TPSA) is 81.7 Å². The summed E-state index contributed by atoms with van der Waals surface area (Å²) in [6.45, 7) is 2.15. The third kappa shape index (κ3) is 6.93. The van der Waals surface area contributed by atoms with Crippen LogP contribution in [-0.2, 0) is 15.9 Å². The van der Waals surface area contributed by atoms with E-state index in [0.29, 0.717) is 5.56 Å². The molecule has 0 saturated heterocycles. The molecule has 2 rings (SSSR count). The highest BCUT2D eigenvalue weighted by molar-refractivity contribution is 5.96. The Balaban J connectivity index is 1.67. The third-order valence-electron chi connectivity index (χ3n) is 3.81. The molecular weight excluding hydrogens is 346 g/mol. The molecule has 0 fully saturated rings. The molecular formula is C21H23NO5. The molecule has 0 aromatic heterocycles. The van der Waals surface area contributed by atoms with Gasteiger partial charge in [-0.3, -0.25) is 0 Å². The average Bonchev–Trinajstić information content (AvgIpc) is 2.70. The second-order valence-corrected chi connectivity index (χ2v) is 5.91. The van der Waals surface area contributed by atoms with Crippen LogP contribution in [0.15, 0.2) is 54.6 Å². The lowest BCUT2D eigenvalue weighted by Crippen LogP contribution is -2.30. The quantitative estimate of drug-likeness (QED) is 0.435. The first kappa shape index (κ1) is 20.2. The fourth-order valence-corrected chi connectivity index (χ4v) is 2.32. The van der Waals surface area contributed by atoms with E-state index in [9.17, 15) is 14.4 Å². The Kier molecular flexibility index (Phi) is 8.03. The summed E-state index contributed by atoms with van der Waals surface area (Å²) in [5.41, 5.74) is 1.92. The number of carbonyl (C=O) groups excluding carboxylic acids is 3. The number of benzene rings is 2. The molecule has 0 heterocycles. The van der Waals surface area contributed by atoms with Crippen LogP contribution >= 0.6 is 0 Å². The molecule has 1 N–H and O–H groups in total. The number of nitrogens with one attached hydrogen (secondary N) is 1. The van der Waals surface area contributed by atoms with Crippen molar-refractivity contribution in [2.24, 2.45) is 0 Å². The van der Waals surface area contributed by atoms with Crippen LogP contribution in [0.3, 0.4) is 0 Å². The number of rotatable bonds is 8. The Labute approximate surface area is 158 Å². The maximum absolute atomic E-state index is 12.0. The average molecular weight is 369 g/mol. The molecule has 0 atom stereocenters. The summed E-state index contributed by atoms with van der Waals surface area (Å²) in [5.74, 6) is -1.21. The minimum absolute atomic E-state index is 0.0228. The van der Waals surface area contributed by atoms with Crippen LogP contribution in [-0.4, -0.2) is 31.2 Å². The first-order valence-corrected chi connectivity index (χ1v) is 8.91. The lowest BCUT2D eigenvalue weighted by atomic mass is 10.1. The molecule has 0 radical (unpaired) electrons. The number of esters is 2. The van der Waals surface area contributed by atoms with Gasteiger partial charge in [0.1, 0.15) is 6.61 Å². The Morgan fingerprint density at radius 3 is 2.22 bits per heavy atom. The number of alkyl carbamates (subject to hydrolysis) is 1. The van der Waals surface area contributed by atoms with Gasteiger partial charge in [0.25, 0.3) is 0 Å². The second kappa shape index (κ2) is 10.8. The number of amides is 1. The number of unbranched alkanes of at least 4 members (excludes halogenated alkanes) is 1. The van der Waals surface area contributed by atoms with Gasteiger partial charge in [-0.05, 0) is 42.7 Å². The largest absolute Gasteiger partial charge is 0.460 e. The van der Waals surface area contributed by atoms with Crippen LogP contribution in [0.5, 0.6) is 0 Å². The molecule has 2 aromatic carbocycles. The van der Waals surface area contributed by atoms with Crippen LogP contribution in [0.2, 0.25) is 0 Å². The van der Waals surface area contributed by atoms with Gasteiger partial charge >= 0.3 is 18.0 Å². The molecule has 6 heteroatoms. The van der Waals surface area contributed by atoms with Crippen molar-refractivity contribution in [1.82, 2.24) is 5.32 Å². The monoisotopic (exact) mass is 369 g/mol. The van der Waals surface area contributed by atoms with Crippen LogP contribution < -0.4 is 5.32 Å². The van der Waals surface area contributed by atoms with Crippen molar-refractivity contribution in [1.29, 1.82) is 0 Å². The van der Waals surface area contributed by atoms with Crippen molar-refractivity contribution in [2.45, 2.75) is 26.2 Å². The van der Waals surface area contributed by atoms with E-state index in [4.69, 9.17) is 4.74 Å². The summed E-state index contributed by atoms with van der Waals surface area (Å²) in [6.07, 6.45) is 2.33. The summed E-state index contributed by atoms with van der Waals surface area (Å²) in [7, 11) is 0. The van der Waals surface area contributed by atoms with E-state index < -0.39 is 18.0 Å². The molecule has 0 saturated carbocycles. The molecule has 0 aliphatic heterocycles. The van der Waals surface area contributed by atoms with Gasteiger partial charge in [-0.1, -0.05) is 43.7 Å². The van der Waals surface area contributed by atoms with Crippen molar-refractivity contribution >= 4 is 18.0 Å². The van der Waals surface area contributed by atoms with E-state index in [0.717, 1.165) is 19.3 Å². The van der Waals surface area contributed by atoms with Crippen molar-refractivity contribution in [2.75, 3.05) is 13.2 Å². The zero-order valence-corrected chi connectivity index (χ0v) is 15.3. The predicted molar refractivity (Wildman–Crippen MR) is 101 cm³/mol. The smallest absolute Gasteiger partial charge is 0.415 e. The molecule has 0 spiro atoms. The molecule has 2 aromatic rings. The maximum Gasteiger partial charge on any atom is 0.415 e. The number of carbonyl (C=O) groups is 3. The van der Waals surface area contributed by atoms with Crippen molar-refractivity contribution < 1.29 is 23.9 Å². The van der Waals surface area contributed by atoms with Gasteiger partial charge in [-0.2, -0.15) is 0 Å². The van der Waals surface area contributed by atoms with Gasteiger partial charge in [0, 0.05) is 0 Å². The van der Waals surface area contributed by atoms with E-state index in [2.05, 4.69) is 17.0 Å². The summed E-state index contributed by atoms with van der Waals surface area (Å²) in [6, 6.07) is 15.5. The lowest BCUT2D eigenvalue weighted by Gasteiger charge is -2.07. The van der Waals surface area contributed by atoms with Crippen molar-refractivity contribution in [3.05, 3.63) is 71.3 Å². The Bertz CT molecular complexity index is 756. The molecule has 0 aliphatic carbocycles. The summed E-state index contributed by atoms with van der Waals surface area (Å²) in [4.78, 5) is 35.2. The maximum atomic E-state index is 12.0. The number of ether oxygens (including phenoxy) is 2. The molecule has 1 amide bonds. The Morgan fingerprint density at radius 1 is 0.889 bits per heavy atom. The van der Waals surface area contributed by atoms with Crippen LogP contribution in [0.4, 0.5) is 4.79 Å². The van der Waals surface area contributed by atoms with Crippen molar-refractivity contribution in [3.8, 4) is 0 Å². The Hall–Kier alpha value is -3.15. The third-order valence-corrected chi connectivity index (χ3v) is 3.81. The summed E-state index contributed by atoms with van der Waals surface area (Å²) >= 11 is 0. The van der Waals surface area contributed by atoms with Crippen LogP contribution in [0.1, 0.15) is 46.0 Å². The fourth-order valence-electron chi connectivity index (χ4n) is 2.32. The van der Waals surface area contributed by atoms with E-state index in [1.165, 1.54) is 5.56 Å².